The molecule has 0 bridgehead atoms. The summed E-state index contributed by atoms with van der Waals surface area (Å²) in [6, 6.07) is 18.7. The van der Waals surface area contributed by atoms with Crippen molar-refractivity contribution in [3.8, 4) is 5.88 Å². The molecule has 3 aromatic carbocycles. The van der Waals surface area contributed by atoms with E-state index in [-0.39, 0.29) is 12.3 Å². The fraction of sp³-hybridized carbons (Fsp3) is 0.120. The Bertz CT molecular complexity index is 1560. The summed E-state index contributed by atoms with van der Waals surface area (Å²) in [5.41, 5.74) is 3.62. The van der Waals surface area contributed by atoms with Crippen molar-refractivity contribution in [1.29, 1.82) is 0 Å². The van der Waals surface area contributed by atoms with Crippen LogP contribution in [-0.2, 0) is 21.2 Å². The summed E-state index contributed by atoms with van der Waals surface area (Å²) < 4.78 is 24.8. The highest BCUT2D eigenvalue weighted by molar-refractivity contribution is 7.92. The lowest BCUT2D eigenvalue weighted by Crippen LogP contribution is -2.24. The zero-order valence-electron chi connectivity index (χ0n) is 18.9. The van der Waals surface area contributed by atoms with Crippen LogP contribution in [0.15, 0.2) is 71.7 Å². The van der Waals surface area contributed by atoms with Gasteiger partial charge in [-0.15, -0.1) is 0 Å². The number of nitrogens with one attached hydrogen (secondary N) is 1. The van der Waals surface area contributed by atoms with Gasteiger partial charge in [0.1, 0.15) is 0 Å². The first kappa shape index (κ1) is 24.3. The van der Waals surface area contributed by atoms with Gasteiger partial charge in [0, 0.05) is 23.0 Å². The van der Waals surface area contributed by atoms with Gasteiger partial charge in [-0.25, -0.2) is 13.4 Å². The van der Waals surface area contributed by atoms with Gasteiger partial charge in [0.25, 0.3) is 0 Å². The van der Waals surface area contributed by atoms with E-state index in [1.807, 2.05) is 0 Å². The third-order valence-corrected chi connectivity index (χ3v) is 6.93. The molecule has 10 heteroatoms. The summed E-state index contributed by atoms with van der Waals surface area (Å²) in [6.07, 6.45) is 0.955. The van der Waals surface area contributed by atoms with Crippen LogP contribution in [0, 0.1) is 0 Å². The van der Waals surface area contributed by atoms with Crippen molar-refractivity contribution in [2.45, 2.75) is 6.42 Å². The Labute approximate surface area is 207 Å². The predicted octanol–water partition coefficient (Wildman–Crippen LogP) is 4.72. The number of hydrogen-bond donors (Lipinski definition) is 3. The van der Waals surface area contributed by atoms with Crippen molar-refractivity contribution in [2.24, 2.45) is 4.99 Å². The number of aromatic amines is 1. The normalized spacial score (nSPS) is 12.1. The predicted molar refractivity (Wildman–Crippen MR) is 138 cm³/mol. The first-order chi connectivity index (χ1) is 16.5. The first-order valence-electron chi connectivity index (χ1n) is 10.5. The molecule has 0 amide bonds. The number of carboxylic acid groups (broad SMARTS) is 1. The van der Waals surface area contributed by atoms with E-state index in [2.05, 4.69) is 4.98 Å². The Balaban J connectivity index is 1.89. The smallest absolute Gasteiger partial charge is 0.307 e. The maximum absolute atomic E-state index is 11.8. The van der Waals surface area contributed by atoms with E-state index in [1.165, 1.54) is 7.05 Å². The van der Waals surface area contributed by atoms with Crippen molar-refractivity contribution >= 4 is 55.6 Å². The number of aromatic hydroxyl groups is 1. The summed E-state index contributed by atoms with van der Waals surface area (Å²) >= 11 is 6.11. The maximum atomic E-state index is 11.8. The second kappa shape index (κ2) is 9.44. The highest BCUT2D eigenvalue weighted by atomic mass is 35.5. The average Bonchev–Trinajstić information content (AvgIpc) is 3.11. The number of halogens is 1. The number of hydrogen-bond acceptors (Lipinski definition) is 5. The largest absolute Gasteiger partial charge is 0.494 e. The first-order valence-corrected chi connectivity index (χ1v) is 12.7. The third kappa shape index (κ3) is 5.31. The van der Waals surface area contributed by atoms with Crippen molar-refractivity contribution in [3.63, 3.8) is 0 Å². The minimum atomic E-state index is -3.42. The lowest BCUT2D eigenvalue weighted by Gasteiger charge is -2.16. The number of aromatic nitrogens is 1. The molecular formula is C25H22ClN3O5S. The molecule has 180 valence electrons. The molecule has 0 unspecified atom stereocenters. The summed E-state index contributed by atoms with van der Waals surface area (Å²) in [6.45, 7) is 0. The van der Waals surface area contributed by atoms with Gasteiger partial charge in [0.15, 0.2) is 5.88 Å². The van der Waals surface area contributed by atoms with E-state index >= 15 is 0 Å². The molecule has 0 aliphatic heterocycles. The van der Waals surface area contributed by atoms with Crippen molar-refractivity contribution in [2.75, 3.05) is 17.6 Å². The number of carboxylic acids is 1. The topological polar surface area (TPSA) is 123 Å². The second-order valence-corrected chi connectivity index (χ2v) is 10.5. The van der Waals surface area contributed by atoms with Crippen molar-refractivity contribution in [1.82, 2.24) is 4.98 Å². The van der Waals surface area contributed by atoms with Crippen LogP contribution in [0.2, 0.25) is 5.02 Å². The molecule has 0 saturated heterocycles. The van der Waals surface area contributed by atoms with Gasteiger partial charge in [-0.1, -0.05) is 35.9 Å². The van der Waals surface area contributed by atoms with E-state index in [1.54, 1.807) is 66.7 Å². The van der Waals surface area contributed by atoms with Crippen LogP contribution in [0.1, 0.15) is 16.7 Å². The Morgan fingerprint density at radius 3 is 2.46 bits per heavy atom. The fourth-order valence-corrected chi connectivity index (χ4v) is 4.40. The number of carbonyl (C=O) groups is 1. The maximum Gasteiger partial charge on any atom is 0.307 e. The van der Waals surface area contributed by atoms with Crippen LogP contribution >= 0.6 is 11.6 Å². The zero-order chi connectivity index (χ0) is 25.3. The number of nitrogens with zero attached hydrogens (tertiary/aromatic N) is 2. The summed E-state index contributed by atoms with van der Waals surface area (Å²) in [4.78, 5) is 18.9. The Morgan fingerprint density at radius 1 is 1.09 bits per heavy atom. The average molecular weight is 512 g/mol. The Morgan fingerprint density at radius 2 is 1.80 bits per heavy atom. The third-order valence-electron chi connectivity index (χ3n) is 5.49. The molecular weight excluding hydrogens is 490 g/mol. The zero-order valence-corrected chi connectivity index (χ0v) is 20.4. The molecule has 35 heavy (non-hydrogen) atoms. The number of aliphatic imine (C=N–C) groups is 1. The van der Waals surface area contributed by atoms with Crippen LogP contribution in [0.3, 0.4) is 0 Å². The van der Waals surface area contributed by atoms with Crippen LogP contribution in [-0.4, -0.2) is 48.6 Å². The standard InChI is InChI=1S/C25H22ClN3O5S/c1-29(35(2,33)34)19-9-7-18(8-10-19)27-24(16-5-3-4-15(12-16)13-22(30)31)23-20-11-6-17(26)14-21(20)28-25(23)32/h3-12,14,28,32H,13H2,1-2H3,(H,30,31). The summed E-state index contributed by atoms with van der Waals surface area (Å²) in [7, 11) is -1.96. The monoisotopic (exact) mass is 511 g/mol. The molecule has 8 nitrogen and oxygen atoms in total. The highest BCUT2D eigenvalue weighted by Crippen LogP contribution is 2.33. The molecule has 3 N–H and O–H groups in total. The van der Waals surface area contributed by atoms with Gasteiger partial charge in [-0.2, -0.15) is 0 Å². The number of benzene rings is 3. The summed E-state index contributed by atoms with van der Waals surface area (Å²) in [5, 5.41) is 21.2. The van der Waals surface area contributed by atoms with E-state index < -0.39 is 16.0 Å². The Kier molecular flexibility index (Phi) is 6.56. The molecule has 0 atom stereocenters. The molecule has 0 fully saturated rings. The van der Waals surface area contributed by atoms with E-state index in [0.717, 1.165) is 10.6 Å². The molecule has 1 aromatic heterocycles. The molecule has 1 heterocycles. The SMILES string of the molecule is CN(c1ccc(N=C(c2cccc(CC(=O)O)c2)c2c(O)[nH]c3cc(Cl)ccc23)cc1)S(C)(=O)=O. The number of fused-ring (bicyclic) bond motifs is 1. The minimum Gasteiger partial charge on any atom is -0.494 e. The minimum absolute atomic E-state index is 0.113. The van der Waals surface area contributed by atoms with Crippen LogP contribution < -0.4 is 4.31 Å². The molecule has 4 rings (SSSR count). The number of rotatable bonds is 7. The van der Waals surface area contributed by atoms with Gasteiger partial charge >= 0.3 is 5.97 Å². The van der Waals surface area contributed by atoms with Crippen molar-refractivity contribution < 1.29 is 23.4 Å². The van der Waals surface area contributed by atoms with Gasteiger partial charge in [0.05, 0.1) is 40.8 Å². The summed E-state index contributed by atoms with van der Waals surface area (Å²) in [5.74, 6) is -1.08. The quantitative estimate of drug-likeness (QED) is 0.310. The van der Waals surface area contributed by atoms with Gasteiger partial charge in [0.2, 0.25) is 10.0 Å². The molecule has 0 aliphatic rings. The van der Waals surface area contributed by atoms with Gasteiger partial charge in [-0.3, -0.25) is 9.10 Å². The molecule has 0 radical (unpaired) electrons. The molecule has 0 spiro atoms. The molecule has 0 saturated carbocycles. The number of sulfonamides is 1. The second-order valence-electron chi connectivity index (χ2n) is 8.02. The number of H-pyrrole nitrogens is 1. The van der Waals surface area contributed by atoms with Crippen molar-refractivity contribution in [3.05, 3.63) is 88.4 Å². The van der Waals surface area contributed by atoms with Gasteiger partial charge in [-0.05, 0) is 48.0 Å². The van der Waals surface area contributed by atoms with Crippen LogP contribution in [0.5, 0.6) is 5.88 Å². The molecule has 4 aromatic rings. The number of aliphatic carboxylic acids is 1. The van der Waals surface area contributed by atoms with Crippen LogP contribution in [0.25, 0.3) is 10.9 Å². The lowest BCUT2D eigenvalue weighted by atomic mass is 9.98. The molecule has 0 aliphatic carbocycles. The fourth-order valence-electron chi connectivity index (χ4n) is 3.72. The van der Waals surface area contributed by atoms with Gasteiger partial charge < -0.3 is 15.2 Å². The Hall–Kier alpha value is -3.82. The highest BCUT2D eigenvalue weighted by Gasteiger charge is 2.20. The van der Waals surface area contributed by atoms with E-state index in [4.69, 9.17) is 16.6 Å². The van der Waals surface area contributed by atoms with Crippen LogP contribution in [0.4, 0.5) is 11.4 Å². The number of anilines is 1. The lowest BCUT2D eigenvalue weighted by molar-refractivity contribution is -0.136. The van der Waals surface area contributed by atoms with E-state index in [9.17, 15) is 23.4 Å². The van der Waals surface area contributed by atoms with E-state index in [0.29, 0.717) is 49.7 Å².